The van der Waals surface area contributed by atoms with Crippen molar-refractivity contribution in [2.75, 3.05) is 26.2 Å². The molecule has 2 N–H and O–H groups in total. The van der Waals surface area contributed by atoms with Crippen LogP contribution in [0.3, 0.4) is 0 Å². The van der Waals surface area contributed by atoms with E-state index in [1.54, 1.807) is 0 Å². The van der Waals surface area contributed by atoms with Crippen LogP contribution < -0.4 is 10.6 Å². The monoisotopic (exact) mass is 295 g/mol. The number of nitrogens with zero attached hydrogens (tertiary/aromatic N) is 1. The van der Waals surface area contributed by atoms with Crippen molar-refractivity contribution in [3.63, 3.8) is 0 Å². The van der Waals surface area contributed by atoms with Gasteiger partial charge in [-0.3, -0.25) is 9.69 Å². The first kappa shape index (κ1) is 17.2. The minimum absolute atomic E-state index is 0.0637. The van der Waals surface area contributed by atoms with Crippen LogP contribution in [0.15, 0.2) is 0 Å². The number of likely N-dealkylation sites (tertiary alicyclic amines) is 1. The summed E-state index contributed by atoms with van der Waals surface area (Å²) in [6.45, 7) is 6.80. The molecule has 0 aliphatic carbocycles. The van der Waals surface area contributed by atoms with Crippen LogP contribution in [0.4, 0.5) is 13.2 Å². The molecule has 7 heteroatoms. The summed E-state index contributed by atoms with van der Waals surface area (Å²) in [5.41, 5.74) is 0.114. The SMILES string of the molecule is CC(C)(C)N1CCC(NC(=O)CNCC(F)(F)F)CC1. The second kappa shape index (κ2) is 6.76. The molecule has 0 unspecified atom stereocenters. The molecule has 1 heterocycles. The predicted octanol–water partition coefficient (Wildman–Crippen LogP) is 1.52. The molecule has 0 bridgehead atoms. The maximum Gasteiger partial charge on any atom is 0.401 e. The molecule has 1 aliphatic rings. The summed E-state index contributed by atoms with van der Waals surface area (Å²) in [5, 5.41) is 4.88. The van der Waals surface area contributed by atoms with Crippen molar-refractivity contribution in [2.45, 2.75) is 51.4 Å². The summed E-state index contributed by atoms with van der Waals surface area (Å²) >= 11 is 0. The van der Waals surface area contributed by atoms with Gasteiger partial charge in [-0.25, -0.2) is 0 Å². The third kappa shape index (κ3) is 6.56. The lowest BCUT2D eigenvalue weighted by atomic mass is 9.98. The first-order valence-electron chi connectivity index (χ1n) is 6.90. The van der Waals surface area contributed by atoms with E-state index < -0.39 is 12.7 Å². The van der Waals surface area contributed by atoms with Gasteiger partial charge in [-0.15, -0.1) is 0 Å². The Hall–Kier alpha value is -0.820. The average molecular weight is 295 g/mol. The van der Waals surface area contributed by atoms with E-state index in [2.05, 4.69) is 36.3 Å². The van der Waals surface area contributed by atoms with Crippen LogP contribution >= 0.6 is 0 Å². The molecular formula is C13H24F3N3O. The van der Waals surface area contributed by atoms with Gasteiger partial charge in [0.2, 0.25) is 5.91 Å². The second-order valence-electron chi connectivity index (χ2n) is 6.22. The zero-order valence-electron chi connectivity index (χ0n) is 12.3. The number of amides is 1. The largest absolute Gasteiger partial charge is 0.401 e. The van der Waals surface area contributed by atoms with Crippen LogP contribution in [0.2, 0.25) is 0 Å². The summed E-state index contributed by atoms with van der Waals surface area (Å²) in [7, 11) is 0. The topological polar surface area (TPSA) is 44.4 Å². The predicted molar refractivity (Wildman–Crippen MR) is 71.4 cm³/mol. The Morgan fingerprint density at radius 2 is 1.75 bits per heavy atom. The first-order valence-corrected chi connectivity index (χ1v) is 6.90. The van der Waals surface area contributed by atoms with Gasteiger partial charge in [0.1, 0.15) is 0 Å². The number of nitrogens with one attached hydrogen (secondary N) is 2. The lowest BCUT2D eigenvalue weighted by molar-refractivity contribution is -0.128. The van der Waals surface area contributed by atoms with E-state index in [4.69, 9.17) is 0 Å². The lowest BCUT2D eigenvalue weighted by Crippen LogP contribution is -2.52. The van der Waals surface area contributed by atoms with Gasteiger partial charge in [-0.1, -0.05) is 0 Å². The van der Waals surface area contributed by atoms with E-state index in [0.29, 0.717) is 0 Å². The number of carbonyl (C=O) groups excluding carboxylic acids is 1. The Labute approximate surface area is 118 Å². The van der Waals surface area contributed by atoms with E-state index in [9.17, 15) is 18.0 Å². The fourth-order valence-electron chi connectivity index (χ4n) is 2.29. The summed E-state index contributed by atoms with van der Waals surface area (Å²) in [5.74, 6) is -0.372. The summed E-state index contributed by atoms with van der Waals surface area (Å²) in [6, 6.07) is 0.0637. The van der Waals surface area contributed by atoms with Gasteiger partial charge >= 0.3 is 6.18 Å². The Bertz CT molecular complexity index is 318. The fourth-order valence-corrected chi connectivity index (χ4v) is 2.29. The zero-order valence-corrected chi connectivity index (χ0v) is 12.3. The van der Waals surface area contributed by atoms with Gasteiger partial charge in [0.15, 0.2) is 0 Å². The molecule has 0 aromatic carbocycles. The third-order valence-corrected chi connectivity index (χ3v) is 3.42. The van der Waals surface area contributed by atoms with Gasteiger partial charge in [0.25, 0.3) is 0 Å². The second-order valence-corrected chi connectivity index (χ2v) is 6.22. The van der Waals surface area contributed by atoms with Crippen molar-refractivity contribution in [1.29, 1.82) is 0 Å². The molecule has 20 heavy (non-hydrogen) atoms. The van der Waals surface area contributed by atoms with Crippen LogP contribution in [-0.2, 0) is 4.79 Å². The standard InChI is InChI=1S/C13H24F3N3O/c1-12(2,3)19-6-4-10(5-7-19)18-11(20)8-17-9-13(14,15)16/h10,17H,4-9H2,1-3H3,(H,18,20). The highest BCUT2D eigenvalue weighted by Crippen LogP contribution is 2.20. The van der Waals surface area contributed by atoms with Crippen molar-refractivity contribution in [2.24, 2.45) is 0 Å². The number of carbonyl (C=O) groups is 1. The van der Waals surface area contributed by atoms with Crippen LogP contribution in [0.25, 0.3) is 0 Å². The molecule has 1 fully saturated rings. The van der Waals surface area contributed by atoms with Crippen LogP contribution in [0.5, 0.6) is 0 Å². The molecule has 0 saturated carbocycles. The van der Waals surface area contributed by atoms with Gasteiger partial charge in [-0.05, 0) is 33.6 Å². The maximum atomic E-state index is 11.9. The number of halogens is 3. The molecular weight excluding hydrogens is 271 g/mol. The van der Waals surface area contributed by atoms with Crippen molar-refractivity contribution in [1.82, 2.24) is 15.5 Å². The molecule has 0 atom stereocenters. The highest BCUT2D eigenvalue weighted by atomic mass is 19.4. The van der Waals surface area contributed by atoms with E-state index >= 15 is 0 Å². The minimum atomic E-state index is -4.28. The van der Waals surface area contributed by atoms with Crippen LogP contribution in [0.1, 0.15) is 33.6 Å². The van der Waals surface area contributed by atoms with Crippen molar-refractivity contribution < 1.29 is 18.0 Å². The van der Waals surface area contributed by atoms with Crippen molar-refractivity contribution in [3.05, 3.63) is 0 Å². The van der Waals surface area contributed by atoms with E-state index in [0.717, 1.165) is 25.9 Å². The molecule has 118 valence electrons. The Balaban J connectivity index is 2.22. The highest BCUT2D eigenvalue weighted by Gasteiger charge is 2.28. The number of hydrogen-bond donors (Lipinski definition) is 2. The number of hydrogen-bond acceptors (Lipinski definition) is 3. The summed E-state index contributed by atoms with van der Waals surface area (Å²) in [4.78, 5) is 13.9. The van der Waals surface area contributed by atoms with Gasteiger partial charge in [-0.2, -0.15) is 13.2 Å². The molecule has 4 nitrogen and oxygen atoms in total. The van der Waals surface area contributed by atoms with Crippen molar-refractivity contribution in [3.8, 4) is 0 Å². The Kier molecular flexibility index (Phi) is 5.82. The molecule has 1 amide bonds. The number of alkyl halides is 3. The van der Waals surface area contributed by atoms with E-state index in [1.807, 2.05) is 0 Å². The van der Waals surface area contributed by atoms with E-state index in [-0.39, 0.29) is 24.0 Å². The summed E-state index contributed by atoms with van der Waals surface area (Å²) in [6.07, 6.45) is -2.61. The zero-order chi connectivity index (χ0) is 15.4. The Morgan fingerprint density at radius 3 is 2.20 bits per heavy atom. The quantitative estimate of drug-likeness (QED) is 0.826. The van der Waals surface area contributed by atoms with Crippen LogP contribution in [-0.4, -0.2) is 54.7 Å². The van der Waals surface area contributed by atoms with Gasteiger partial charge < -0.3 is 10.6 Å². The van der Waals surface area contributed by atoms with Crippen molar-refractivity contribution >= 4 is 5.91 Å². The van der Waals surface area contributed by atoms with Gasteiger partial charge in [0, 0.05) is 24.7 Å². The molecule has 1 aliphatic heterocycles. The molecule has 0 aromatic rings. The molecule has 0 radical (unpaired) electrons. The van der Waals surface area contributed by atoms with Crippen LogP contribution in [0, 0.1) is 0 Å². The molecule has 1 saturated heterocycles. The third-order valence-electron chi connectivity index (χ3n) is 3.42. The normalized spacial score (nSPS) is 19.1. The Morgan fingerprint density at radius 1 is 1.20 bits per heavy atom. The molecule has 0 aromatic heterocycles. The number of rotatable bonds is 4. The van der Waals surface area contributed by atoms with E-state index in [1.165, 1.54) is 0 Å². The fraction of sp³-hybridized carbons (Fsp3) is 0.923. The average Bonchev–Trinajstić information content (AvgIpc) is 2.26. The first-order chi connectivity index (χ1) is 9.08. The molecule has 1 rings (SSSR count). The smallest absolute Gasteiger partial charge is 0.352 e. The van der Waals surface area contributed by atoms with Gasteiger partial charge in [0.05, 0.1) is 13.1 Å². The highest BCUT2D eigenvalue weighted by molar-refractivity contribution is 5.78. The maximum absolute atomic E-state index is 11.9. The summed E-state index contributed by atoms with van der Waals surface area (Å²) < 4.78 is 35.8. The number of piperidine rings is 1. The molecule has 0 spiro atoms. The minimum Gasteiger partial charge on any atom is -0.352 e. The lowest BCUT2D eigenvalue weighted by Gasteiger charge is -2.41.